The number of anilines is 1. The number of ketones is 1. The van der Waals surface area contributed by atoms with E-state index in [1.165, 1.54) is 11.8 Å². The number of thioether (sulfide) groups is 1. The third kappa shape index (κ3) is 5.20. The summed E-state index contributed by atoms with van der Waals surface area (Å²) in [6.07, 6.45) is 0. The van der Waals surface area contributed by atoms with Crippen LogP contribution in [0.2, 0.25) is 5.02 Å². The summed E-state index contributed by atoms with van der Waals surface area (Å²) in [5, 5.41) is 28.8. The summed E-state index contributed by atoms with van der Waals surface area (Å²) in [5.74, 6) is -0.0619. The molecular weight excluding hydrogens is 480 g/mol. The van der Waals surface area contributed by atoms with Crippen molar-refractivity contribution in [2.24, 2.45) is 0 Å². The van der Waals surface area contributed by atoms with Gasteiger partial charge in [-0.1, -0.05) is 41.6 Å². The Hall–Kier alpha value is -4.11. The lowest BCUT2D eigenvalue weighted by atomic mass is 10.1. The van der Waals surface area contributed by atoms with E-state index in [0.29, 0.717) is 21.3 Å². The molecule has 172 valence electrons. The predicted molar refractivity (Wildman–Crippen MR) is 138 cm³/mol. The molecule has 7 nitrogen and oxygen atoms in total. The van der Waals surface area contributed by atoms with Crippen LogP contribution in [0.25, 0.3) is 11.2 Å². The topological polar surface area (TPSA) is 107 Å². The molecule has 0 unspecified atom stereocenters. The number of nitriles is 2. The fourth-order valence-electron chi connectivity index (χ4n) is 3.49. The Morgan fingerprint density at radius 3 is 2.49 bits per heavy atom. The fraction of sp³-hybridized carbons (Fsp3) is 0.115. The van der Waals surface area contributed by atoms with E-state index in [4.69, 9.17) is 11.6 Å². The lowest BCUT2D eigenvalue weighted by Crippen LogP contribution is -2.07. The average Bonchev–Trinajstić information content (AvgIpc) is 3.22. The molecule has 2 aromatic carbocycles. The van der Waals surface area contributed by atoms with Gasteiger partial charge in [-0.25, -0.2) is 9.50 Å². The first kappa shape index (κ1) is 24.0. The minimum Gasteiger partial charge on any atom is -0.349 e. The van der Waals surface area contributed by atoms with Gasteiger partial charge in [0.25, 0.3) is 0 Å². The second-order valence-electron chi connectivity index (χ2n) is 7.64. The van der Waals surface area contributed by atoms with Crippen LogP contribution in [0.5, 0.6) is 0 Å². The molecule has 0 bridgehead atoms. The minimum absolute atomic E-state index is 0.0631. The van der Waals surface area contributed by atoms with E-state index < -0.39 is 0 Å². The van der Waals surface area contributed by atoms with Crippen molar-refractivity contribution in [1.82, 2.24) is 14.6 Å². The Labute approximate surface area is 211 Å². The molecule has 0 atom stereocenters. The highest BCUT2D eigenvalue weighted by atomic mass is 35.5. The van der Waals surface area contributed by atoms with E-state index in [-0.39, 0.29) is 28.4 Å². The van der Waals surface area contributed by atoms with Crippen LogP contribution < -0.4 is 5.32 Å². The summed E-state index contributed by atoms with van der Waals surface area (Å²) in [4.78, 5) is 17.3. The molecule has 4 aromatic rings. The van der Waals surface area contributed by atoms with Gasteiger partial charge in [0, 0.05) is 27.7 Å². The number of hydrogen-bond acceptors (Lipinski definition) is 7. The first-order chi connectivity index (χ1) is 16.9. The van der Waals surface area contributed by atoms with Crippen LogP contribution in [-0.2, 0) is 0 Å². The van der Waals surface area contributed by atoms with Gasteiger partial charge in [-0.15, -0.1) is 0 Å². The lowest BCUT2D eigenvalue weighted by Gasteiger charge is -2.12. The summed E-state index contributed by atoms with van der Waals surface area (Å²) in [6.45, 7) is 3.69. The summed E-state index contributed by atoms with van der Waals surface area (Å²) >= 11 is 7.11. The van der Waals surface area contributed by atoms with Crippen LogP contribution in [0.3, 0.4) is 0 Å². The van der Waals surface area contributed by atoms with Crippen LogP contribution in [0.4, 0.5) is 5.69 Å². The zero-order valence-corrected chi connectivity index (χ0v) is 20.5. The number of para-hydroxylation sites is 1. The molecule has 0 fully saturated rings. The van der Waals surface area contributed by atoms with Gasteiger partial charge < -0.3 is 5.32 Å². The molecule has 1 N–H and O–H groups in total. The number of carbonyl (C=O) groups excluding carboxylic acids is 1. The molecule has 2 heterocycles. The predicted octanol–water partition coefficient (Wildman–Crippen LogP) is 5.79. The molecule has 0 aliphatic heterocycles. The quantitative estimate of drug-likeness (QED) is 0.254. The molecule has 0 saturated heterocycles. The van der Waals surface area contributed by atoms with Gasteiger partial charge in [-0.05, 0) is 56.3 Å². The largest absolute Gasteiger partial charge is 0.349 e. The zero-order chi connectivity index (χ0) is 24.9. The van der Waals surface area contributed by atoms with Gasteiger partial charge in [-0.2, -0.15) is 15.6 Å². The maximum absolute atomic E-state index is 12.8. The minimum atomic E-state index is -0.125. The number of rotatable bonds is 7. The molecule has 0 aliphatic rings. The van der Waals surface area contributed by atoms with E-state index >= 15 is 0 Å². The second kappa shape index (κ2) is 10.4. The normalized spacial score (nSPS) is 11.5. The number of benzene rings is 2. The third-order valence-corrected chi connectivity index (χ3v) is 6.38. The molecule has 0 radical (unpaired) electrons. The Morgan fingerprint density at radius 1 is 1.11 bits per heavy atom. The van der Waals surface area contributed by atoms with Gasteiger partial charge in [0.15, 0.2) is 11.4 Å². The van der Waals surface area contributed by atoms with Gasteiger partial charge in [0.2, 0.25) is 0 Å². The van der Waals surface area contributed by atoms with Crippen molar-refractivity contribution in [3.05, 3.63) is 98.9 Å². The van der Waals surface area contributed by atoms with Crippen LogP contribution in [0, 0.1) is 36.5 Å². The summed E-state index contributed by atoms with van der Waals surface area (Å²) < 4.78 is 1.56. The first-order valence-corrected chi connectivity index (χ1v) is 11.9. The Balaban J connectivity index is 1.80. The standard InChI is InChI=1S/C26H19ClN6OS/c1-16-12-17(2)33-25(30-16)21(13-28)24(32-33)22(14-29)26(31-20-6-4-3-5-7-20)35-15-23(34)18-8-10-19(27)11-9-18/h3-12,31H,15H2,1-2H3/b26-22+. The van der Waals surface area contributed by atoms with Crippen LogP contribution in [0.15, 0.2) is 65.7 Å². The first-order valence-electron chi connectivity index (χ1n) is 10.6. The van der Waals surface area contributed by atoms with Crippen molar-refractivity contribution in [2.75, 3.05) is 11.1 Å². The monoisotopic (exact) mass is 498 g/mol. The second-order valence-corrected chi connectivity index (χ2v) is 9.06. The van der Waals surface area contributed by atoms with Crippen molar-refractivity contribution < 1.29 is 4.79 Å². The molecule has 0 spiro atoms. The molecule has 0 saturated carbocycles. The number of aryl methyl sites for hydroxylation is 2. The molecule has 0 amide bonds. The number of halogens is 1. The van der Waals surface area contributed by atoms with E-state index in [0.717, 1.165) is 17.1 Å². The van der Waals surface area contributed by atoms with Crippen molar-refractivity contribution in [2.45, 2.75) is 13.8 Å². The number of carbonyl (C=O) groups is 1. The zero-order valence-electron chi connectivity index (χ0n) is 18.9. The number of fused-ring (bicyclic) bond motifs is 1. The van der Waals surface area contributed by atoms with Crippen molar-refractivity contribution >= 4 is 46.1 Å². The molecule has 4 rings (SSSR count). The average molecular weight is 499 g/mol. The Morgan fingerprint density at radius 2 is 1.83 bits per heavy atom. The molecule has 35 heavy (non-hydrogen) atoms. The summed E-state index contributed by atoms with van der Waals surface area (Å²) in [7, 11) is 0. The van der Waals surface area contributed by atoms with Gasteiger partial charge in [-0.3, -0.25) is 4.79 Å². The third-order valence-electron chi connectivity index (χ3n) is 5.13. The Kier molecular flexibility index (Phi) is 7.17. The maximum atomic E-state index is 12.8. The number of nitrogens with zero attached hydrogens (tertiary/aromatic N) is 5. The number of Topliss-reactive ketones (excluding diaryl/α,β-unsaturated/α-hetero) is 1. The van der Waals surface area contributed by atoms with Crippen LogP contribution >= 0.6 is 23.4 Å². The van der Waals surface area contributed by atoms with Crippen LogP contribution in [0.1, 0.15) is 33.0 Å². The van der Waals surface area contributed by atoms with Crippen LogP contribution in [-0.4, -0.2) is 26.1 Å². The number of allylic oxidation sites excluding steroid dienone is 1. The van der Waals surface area contributed by atoms with Crippen molar-refractivity contribution in [3.63, 3.8) is 0 Å². The van der Waals surface area contributed by atoms with Crippen molar-refractivity contribution in [1.29, 1.82) is 10.5 Å². The number of nitrogens with one attached hydrogen (secondary N) is 1. The molecule has 2 aromatic heterocycles. The summed E-state index contributed by atoms with van der Waals surface area (Å²) in [6, 6.07) is 22.1. The number of aromatic nitrogens is 3. The SMILES string of the molecule is Cc1cc(C)n2nc(/C(C#N)=C(\Nc3ccccc3)SCC(=O)c3ccc(Cl)cc3)c(C#N)c2n1. The molecular formula is C26H19ClN6OS. The van der Waals surface area contributed by atoms with Crippen molar-refractivity contribution in [3.8, 4) is 12.1 Å². The summed E-state index contributed by atoms with van der Waals surface area (Å²) in [5.41, 5.74) is 3.72. The highest BCUT2D eigenvalue weighted by Gasteiger charge is 2.23. The van der Waals surface area contributed by atoms with Gasteiger partial charge >= 0.3 is 0 Å². The van der Waals surface area contributed by atoms with Gasteiger partial charge in [0.1, 0.15) is 29.0 Å². The highest BCUT2D eigenvalue weighted by Crippen LogP contribution is 2.31. The van der Waals surface area contributed by atoms with E-state index in [9.17, 15) is 15.3 Å². The molecule has 0 aliphatic carbocycles. The van der Waals surface area contributed by atoms with Gasteiger partial charge in [0.05, 0.1) is 10.8 Å². The van der Waals surface area contributed by atoms with E-state index in [2.05, 4.69) is 27.5 Å². The van der Waals surface area contributed by atoms with E-state index in [1.54, 1.807) is 28.8 Å². The smallest absolute Gasteiger partial charge is 0.174 e. The highest BCUT2D eigenvalue weighted by molar-refractivity contribution is 8.04. The lowest BCUT2D eigenvalue weighted by molar-refractivity contribution is 0.102. The maximum Gasteiger partial charge on any atom is 0.174 e. The fourth-order valence-corrected chi connectivity index (χ4v) is 4.54. The molecule has 9 heteroatoms. The Bertz CT molecular complexity index is 1530. The van der Waals surface area contributed by atoms with E-state index in [1.807, 2.05) is 50.2 Å². The number of hydrogen-bond donors (Lipinski definition) is 1.